The summed E-state index contributed by atoms with van der Waals surface area (Å²) in [4.78, 5) is 12.0. The zero-order valence-corrected chi connectivity index (χ0v) is 13.3. The Labute approximate surface area is 129 Å². The van der Waals surface area contributed by atoms with Gasteiger partial charge in [0.1, 0.15) is 6.54 Å². The lowest BCUT2D eigenvalue weighted by Crippen LogP contribution is -2.20. The summed E-state index contributed by atoms with van der Waals surface area (Å²) >= 11 is 0. The first-order chi connectivity index (χ1) is 10.5. The van der Waals surface area contributed by atoms with Gasteiger partial charge in [-0.15, -0.1) is 10.2 Å². The highest BCUT2D eigenvalue weighted by Gasteiger charge is 2.11. The molecule has 0 aliphatic carbocycles. The lowest BCUT2D eigenvalue weighted by Gasteiger charge is -2.05. The Morgan fingerprint density at radius 2 is 2.14 bits per heavy atom. The number of hydrogen-bond donors (Lipinski definition) is 1. The van der Waals surface area contributed by atoms with Crippen molar-refractivity contribution in [1.29, 1.82) is 0 Å². The van der Waals surface area contributed by atoms with E-state index in [9.17, 15) is 4.79 Å². The first-order valence-electron chi connectivity index (χ1n) is 7.30. The zero-order valence-electron chi connectivity index (χ0n) is 13.3. The van der Waals surface area contributed by atoms with Crippen LogP contribution in [-0.4, -0.2) is 32.5 Å². The number of aryl methyl sites for hydroxylation is 1. The monoisotopic (exact) mass is 303 g/mol. The largest absolute Gasteiger partial charge is 0.477 e. The number of nitrogens with one attached hydrogen (secondary N) is 1. The first kappa shape index (κ1) is 15.9. The summed E-state index contributed by atoms with van der Waals surface area (Å²) in [6, 6.07) is 3.32. The standard InChI is InChI=1S/C15H21N5O2/c1-5-22-15-7-6-13(17-18-15)16-14(21)9-20-8-12(10(2)3)11(4)19-20/h6-8,10H,5,9H2,1-4H3,(H,16,17,21). The molecule has 0 aromatic carbocycles. The van der Waals surface area contributed by atoms with Crippen LogP contribution in [0.1, 0.15) is 37.9 Å². The molecule has 0 aliphatic heterocycles. The van der Waals surface area contributed by atoms with Crippen LogP contribution >= 0.6 is 0 Å². The summed E-state index contributed by atoms with van der Waals surface area (Å²) in [5.74, 6) is 1.01. The van der Waals surface area contributed by atoms with E-state index in [1.54, 1.807) is 16.8 Å². The zero-order chi connectivity index (χ0) is 16.1. The van der Waals surface area contributed by atoms with E-state index >= 15 is 0 Å². The number of carbonyl (C=O) groups excluding carboxylic acids is 1. The summed E-state index contributed by atoms with van der Waals surface area (Å²) in [5.41, 5.74) is 2.09. The van der Waals surface area contributed by atoms with Crippen molar-refractivity contribution < 1.29 is 9.53 Å². The Kier molecular flexibility index (Phi) is 5.08. The molecule has 0 unspecified atom stereocenters. The van der Waals surface area contributed by atoms with E-state index in [4.69, 9.17) is 4.74 Å². The molecule has 2 aromatic rings. The van der Waals surface area contributed by atoms with Crippen LogP contribution in [0.15, 0.2) is 18.3 Å². The average Bonchev–Trinajstić information content (AvgIpc) is 2.82. The van der Waals surface area contributed by atoms with E-state index in [1.165, 1.54) is 0 Å². The maximum atomic E-state index is 12.0. The van der Waals surface area contributed by atoms with Crippen molar-refractivity contribution in [3.05, 3.63) is 29.6 Å². The Hall–Kier alpha value is -2.44. The number of rotatable bonds is 6. The molecular formula is C15H21N5O2. The van der Waals surface area contributed by atoms with Crippen LogP contribution in [0.5, 0.6) is 5.88 Å². The Morgan fingerprint density at radius 3 is 2.68 bits per heavy atom. The van der Waals surface area contributed by atoms with Gasteiger partial charge in [-0.25, -0.2) is 0 Å². The molecule has 0 fully saturated rings. The molecule has 7 nitrogen and oxygen atoms in total. The molecule has 0 spiro atoms. The molecule has 0 saturated carbocycles. The second-order valence-corrected chi connectivity index (χ2v) is 5.26. The van der Waals surface area contributed by atoms with E-state index in [-0.39, 0.29) is 12.5 Å². The van der Waals surface area contributed by atoms with Gasteiger partial charge in [0, 0.05) is 12.3 Å². The van der Waals surface area contributed by atoms with E-state index in [0.717, 1.165) is 11.3 Å². The third kappa shape index (κ3) is 4.03. The SMILES string of the molecule is CCOc1ccc(NC(=O)Cn2cc(C(C)C)c(C)n2)nn1. The fourth-order valence-corrected chi connectivity index (χ4v) is 2.12. The predicted molar refractivity (Wildman–Crippen MR) is 82.9 cm³/mol. The summed E-state index contributed by atoms with van der Waals surface area (Å²) in [6.07, 6.45) is 1.91. The fraction of sp³-hybridized carbons (Fsp3) is 0.467. The van der Waals surface area contributed by atoms with Gasteiger partial charge in [-0.1, -0.05) is 13.8 Å². The second kappa shape index (κ2) is 7.02. The third-order valence-corrected chi connectivity index (χ3v) is 3.11. The lowest BCUT2D eigenvalue weighted by molar-refractivity contribution is -0.116. The van der Waals surface area contributed by atoms with Crippen molar-refractivity contribution in [2.45, 2.75) is 40.2 Å². The molecule has 118 valence electrons. The Balaban J connectivity index is 1.96. The van der Waals surface area contributed by atoms with E-state index in [2.05, 4.69) is 34.5 Å². The van der Waals surface area contributed by atoms with Gasteiger partial charge in [-0.05, 0) is 31.4 Å². The van der Waals surface area contributed by atoms with Crippen LogP contribution in [0.3, 0.4) is 0 Å². The van der Waals surface area contributed by atoms with Gasteiger partial charge in [-0.3, -0.25) is 9.48 Å². The summed E-state index contributed by atoms with van der Waals surface area (Å²) in [7, 11) is 0. The highest BCUT2D eigenvalue weighted by molar-refractivity contribution is 5.89. The van der Waals surface area contributed by atoms with Crippen molar-refractivity contribution >= 4 is 11.7 Å². The summed E-state index contributed by atoms with van der Waals surface area (Å²) in [5, 5.41) is 14.8. The third-order valence-electron chi connectivity index (χ3n) is 3.11. The van der Waals surface area contributed by atoms with Gasteiger partial charge in [0.05, 0.1) is 12.3 Å². The number of anilines is 1. The topological polar surface area (TPSA) is 81.9 Å². The van der Waals surface area contributed by atoms with Crippen molar-refractivity contribution in [2.24, 2.45) is 0 Å². The predicted octanol–water partition coefficient (Wildman–Crippen LogP) is 2.14. The lowest BCUT2D eigenvalue weighted by atomic mass is 10.1. The number of ether oxygens (including phenoxy) is 1. The Bertz CT molecular complexity index is 634. The Morgan fingerprint density at radius 1 is 1.36 bits per heavy atom. The first-order valence-corrected chi connectivity index (χ1v) is 7.30. The summed E-state index contributed by atoms with van der Waals surface area (Å²) in [6.45, 7) is 8.68. The van der Waals surface area contributed by atoms with Crippen LogP contribution in [0, 0.1) is 6.92 Å². The van der Waals surface area contributed by atoms with Gasteiger partial charge < -0.3 is 10.1 Å². The molecule has 1 amide bonds. The molecule has 0 aliphatic rings. The van der Waals surface area contributed by atoms with Crippen LogP contribution in [0.2, 0.25) is 0 Å². The van der Waals surface area contributed by atoms with Crippen LogP contribution in [0.25, 0.3) is 0 Å². The maximum Gasteiger partial charge on any atom is 0.247 e. The number of carbonyl (C=O) groups is 1. The number of nitrogens with zero attached hydrogens (tertiary/aromatic N) is 4. The molecule has 22 heavy (non-hydrogen) atoms. The normalized spacial score (nSPS) is 10.8. The van der Waals surface area contributed by atoms with Gasteiger partial charge in [0.25, 0.3) is 0 Å². The number of amides is 1. The van der Waals surface area contributed by atoms with Crippen molar-refractivity contribution in [2.75, 3.05) is 11.9 Å². The number of aromatic nitrogens is 4. The van der Waals surface area contributed by atoms with Crippen LogP contribution in [-0.2, 0) is 11.3 Å². The molecule has 0 radical (unpaired) electrons. The molecule has 2 rings (SSSR count). The van der Waals surface area contributed by atoms with Crippen LogP contribution < -0.4 is 10.1 Å². The van der Waals surface area contributed by atoms with Gasteiger partial charge in [0.15, 0.2) is 5.82 Å². The minimum atomic E-state index is -0.198. The van der Waals surface area contributed by atoms with Crippen LogP contribution in [0.4, 0.5) is 5.82 Å². The maximum absolute atomic E-state index is 12.0. The quantitative estimate of drug-likeness (QED) is 0.884. The molecular weight excluding hydrogens is 282 g/mol. The minimum absolute atomic E-state index is 0.141. The van der Waals surface area contributed by atoms with Crippen molar-refractivity contribution in [3.63, 3.8) is 0 Å². The molecule has 0 bridgehead atoms. The number of hydrogen-bond acceptors (Lipinski definition) is 5. The van der Waals surface area contributed by atoms with Gasteiger partial charge in [-0.2, -0.15) is 5.10 Å². The molecule has 2 heterocycles. The second-order valence-electron chi connectivity index (χ2n) is 5.26. The highest BCUT2D eigenvalue weighted by atomic mass is 16.5. The van der Waals surface area contributed by atoms with E-state index in [0.29, 0.717) is 24.2 Å². The van der Waals surface area contributed by atoms with Gasteiger partial charge >= 0.3 is 0 Å². The smallest absolute Gasteiger partial charge is 0.247 e. The van der Waals surface area contributed by atoms with Crippen molar-refractivity contribution in [3.8, 4) is 5.88 Å². The summed E-state index contributed by atoms with van der Waals surface area (Å²) < 4.78 is 6.84. The van der Waals surface area contributed by atoms with E-state index < -0.39 is 0 Å². The molecule has 2 aromatic heterocycles. The highest BCUT2D eigenvalue weighted by Crippen LogP contribution is 2.17. The fourth-order valence-electron chi connectivity index (χ4n) is 2.12. The van der Waals surface area contributed by atoms with Gasteiger partial charge in [0.2, 0.25) is 11.8 Å². The van der Waals surface area contributed by atoms with Crippen molar-refractivity contribution in [1.82, 2.24) is 20.0 Å². The average molecular weight is 303 g/mol. The molecule has 1 N–H and O–H groups in total. The van der Waals surface area contributed by atoms with E-state index in [1.807, 2.05) is 20.0 Å². The minimum Gasteiger partial charge on any atom is -0.477 e. The molecule has 0 atom stereocenters. The molecule has 0 saturated heterocycles. The molecule has 7 heteroatoms.